The number of fused-ring (bicyclic) bond motifs is 1. The minimum atomic E-state index is -2.37. The topological polar surface area (TPSA) is 98.2 Å². The number of likely N-dealkylation sites (tertiary alicyclic amines) is 1. The first-order chi connectivity index (χ1) is 16.5. The molecule has 0 spiro atoms. The summed E-state index contributed by atoms with van der Waals surface area (Å²) in [6.07, 6.45) is 3.26. The van der Waals surface area contributed by atoms with Crippen LogP contribution in [0.4, 0.5) is 4.79 Å². The van der Waals surface area contributed by atoms with E-state index in [1.807, 2.05) is 65.1 Å². The second kappa shape index (κ2) is 10.2. The largest absolute Gasteiger partial charge is 0.475 e. The molecule has 0 radical (unpaired) electrons. The highest BCUT2D eigenvalue weighted by Gasteiger charge is 2.37. The van der Waals surface area contributed by atoms with E-state index in [9.17, 15) is 13.6 Å². The van der Waals surface area contributed by atoms with Gasteiger partial charge in [0.15, 0.2) is 0 Å². The Morgan fingerprint density at radius 1 is 1.23 bits per heavy atom. The number of carbonyl (C=O) groups is 1. The summed E-state index contributed by atoms with van der Waals surface area (Å²) in [5.74, 6) is 0.563. The average Bonchev–Trinajstić information content (AvgIpc) is 3.17. The summed E-state index contributed by atoms with van der Waals surface area (Å²) >= 11 is -2.37. The zero-order valence-corrected chi connectivity index (χ0v) is 21.8. The molecule has 2 heterocycles. The Hall–Kier alpha value is -2.49. The summed E-state index contributed by atoms with van der Waals surface area (Å²) in [4.78, 5) is 18.6. The van der Waals surface area contributed by atoms with E-state index in [0.717, 1.165) is 34.2 Å². The maximum atomic E-state index is 12.4. The number of amides is 1. The lowest BCUT2D eigenvalue weighted by Crippen LogP contribution is -2.55. The highest BCUT2D eigenvalue weighted by Crippen LogP contribution is 2.40. The summed E-state index contributed by atoms with van der Waals surface area (Å²) in [5, 5.41) is 0. The molecule has 35 heavy (non-hydrogen) atoms. The lowest BCUT2D eigenvalue weighted by atomic mass is 9.92. The summed E-state index contributed by atoms with van der Waals surface area (Å²) in [5.41, 5.74) is 4.66. The molecular formula is C26H34N2O6S. The average molecular weight is 503 g/mol. The SMILES string of the molecule is Cc1ccc([C@@H](OS(=O)O)[C@@H]2Cc3cnc(OC[C@@H]4CCN4C(=O)OC(C)(C)C)c(C)c3C2)cc1. The molecule has 4 atom stereocenters. The smallest absolute Gasteiger partial charge is 0.410 e. The first-order valence-electron chi connectivity index (χ1n) is 12.0. The Morgan fingerprint density at radius 2 is 1.94 bits per heavy atom. The van der Waals surface area contributed by atoms with Crippen LogP contribution < -0.4 is 4.74 Å². The molecule has 1 N–H and O–H groups in total. The predicted molar refractivity (Wildman–Crippen MR) is 132 cm³/mol. The van der Waals surface area contributed by atoms with Crippen molar-refractivity contribution in [1.29, 1.82) is 0 Å². The van der Waals surface area contributed by atoms with Crippen LogP contribution in [0.2, 0.25) is 0 Å². The van der Waals surface area contributed by atoms with E-state index in [4.69, 9.17) is 13.7 Å². The van der Waals surface area contributed by atoms with Crippen molar-refractivity contribution in [2.45, 2.75) is 71.6 Å². The van der Waals surface area contributed by atoms with Gasteiger partial charge in [-0.1, -0.05) is 29.8 Å². The van der Waals surface area contributed by atoms with Gasteiger partial charge in [0.2, 0.25) is 5.88 Å². The number of ether oxygens (including phenoxy) is 2. The lowest BCUT2D eigenvalue weighted by molar-refractivity contribution is -0.0145. The highest BCUT2D eigenvalue weighted by molar-refractivity contribution is 7.74. The van der Waals surface area contributed by atoms with Crippen LogP contribution in [0.5, 0.6) is 5.88 Å². The van der Waals surface area contributed by atoms with Crippen LogP contribution >= 0.6 is 0 Å². The van der Waals surface area contributed by atoms with E-state index in [1.54, 1.807) is 4.90 Å². The summed E-state index contributed by atoms with van der Waals surface area (Å²) < 4.78 is 38.0. The van der Waals surface area contributed by atoms with Crippen molar-refractivity contribution in [3.05, 3.63) is 58.3 Å². The molecule has 190 valence electrons. The van der Waals surface area contributed by atoms with Crippen LogP contribution in [0.25, 0.3) is 0 Å². The number of rotatable bonds is 7. The molecule has 1 aliphatic carbocycles. The van der Waals surface area contributed by atoms with Gasteiger partial charge in [0, 0.05) is 18.3 Å². The van der Waals surface area contributed by atoms with E-state index in [-0.39, 0.29) is 18.1 Å². The third-order valence-corrected chi connectivity index (χ3v) is 7.02. The molecule has 0 saturated carbocycles. The van der Waals surface area contributed by atoms with Crippen molar-refractivity contribution in [3.63, 3.8) is 0 Å². The second-order valence-electron chi connectivity index (χ2n) is 10.4. The first kappa shape index (κ1) is 25.6. The third-order valence-electron chi connectivity index (χ3n) is 6.65. The molecule has 1 aromatic heterocycles. The maximum Gasteiger partial charge on any atom is 0.410 e. The zero-order valence-electron chi connectivity index (χ0n) is 20.9. The fourth-order valence-corrected chi connectivity index (χ4v) is 5.16. The highest BCUT2D eigenvalue weighted by atomic mass is 32.2. The summed E-state index contributed by atoms with van der Waals surface area (Å²) in [7, 11) is 0. The number of carbonyl (C=O) groups excluding carboxylic acids is 1. The molecule has 4 rings (SSSR count). The minimum Gasteiger partial charge on any atom is -0.475 e. The van der Waals surface area contributed by atoms with Gasteiger partial charge in [-0.05, 0) is 76.5 Å². The Kier molecular flexibility index (Phi) is 7.49. The molecule has 1 saturated heterocycles. The van der Waals surface area contributed by atoms with Crippen molar-refractivity contribution in [2.24, 2.45) is 5.92 Å². The molecule has 2 aromatic rings. The number of hydrogen-bond acceptors (Lipinski definition) is 6. The fraction of sp³-hybridized carbons (Fsp3) is 0.538. The van der Waals surface area contributed by atoms with Crippen LogP contribution in [-0.2, 0) is 33.1 Å². The van der Waals surface area contributed by atoms with E-state index >= 15 is 0 Å². The molecule has 2 aliphatic rings. The fourth-order valence-electron chi connectivity index (χ4n) is 4.72. The summed E-state index contributed by atoms with van der Waals surface area (Å²) in [6.45, 7) is 10.6. The number of pyridine rings is 1. The molecular weight excluding hydrogens is 468 g/mol. The zero-order chi connectivity index (χ0) is 25.3. The van der Waals surface area contributed by atoms with Gasteiger partial charge in [-0.15, -0.1) is 0 Å². The van der Waals surface area contributed by atoms with Gasteiger partial charge < -0.3 is 14.4 Å². The Morgan fingerprint density at radius 3 is 2.54 bits per heavy atom. The predicted octanol–water partition coefficient (Wildman–Crippen LogP) is 4.70. The third kappa shape index (κ3) is 6.02. The summed E-state index contributed by atoms with van der Waals surface area (Å²) in [6, 6.07) is 7.82. The first-order valence-corrected chi connectivity index (χ1v) is 13.0. The number of benzene rings is 1. The molecule has 1 fully saturated rings. The number of nitrogens with zero attached hydrogens (tertiary/aromatic N) is 2. The Bertz CT molecular complexity index is 1100. The second-order valence-corrected chi connectivity index (χ2v) is 11.1. The van der Waals surface area contributed by atoms with Crippen LogP contribution in [0.3, 0.4) is 0 Å². The number of aromatic nitrogens is 1. The Balaban J connectivity index is 1.43. The maximum absolute atomic E-state index is 12.4. The van der Waals surface area contributed by atoms with Crippen molar-refractivity contribution < 1.29 is 27.2 Å². The quantitative estimate of drug-likeness (QED) is 0.548. The standard InChI is InChI=1S/C26H34N2O6S/c1-16-6-8-18(9-7-16)23(34-35(30)31)19-12-20-14-27-24(17(2)22(20)13-19)32-15-21-10-11-28(21)25(29)33-26(3,4)5/h6-9,14,19,21,23H,10-13,15H2,1-5H3,(H,30,31)/t19-,21+,23-/m1/s1. The van der Waals surface area contributed by atoms with Crippen molar-refractivity contribution in [1.82, 2.24) is 9.88 Å². The lowest BCUT2D eigenvalue weighted by Gasteiger charge is -2.40. The minimum absolute atomic E-state index is 0.00819. The van der Waals surface area contributed by atoms with Crippen LogP contribution in [0, 0.1) is 19.8 Å². The molecule has 0 bridgehead atoms. The van der Waals surface area contributed by atoms with Gasteiger partial charge >= 0.3 is 17.5 Å². The molecule has 1 amide bonds. The molecule has 8 nitrogen and oxygen atoms in total. The van der Waals surface area contributed by atoms with Gasteiger partial charge in [0.1, 0.15) is 18.3 Å². The molecule has 9 heteroatoms. The monoisotopic (exact) mass is 502 g/mol. The van der Waals surface area contributed by atoms with Gasteiger partial charge in [0.25, 0.3) is 0 Å². The van der Waals surface area contributed by atoms with E-state index in [2.05, 4.69) is 4.98 Å². The van der Waals surface area contributed by atoms with Crippen molar-refractivity contribution in [3.8, 4) is 5.88 Å². The number of aryl methyl sites for hydroxylation is 1. The van der Waals surface area contributed by atoms with Crippen molar-refractivity contribution in [2.75, 3.05) is 13.2 Å². The van der Waals surface area contributed by atoms with Gasteiger partial charge in [-0.2, -0.15) is 4.21 Å². The molecule has 1 aromatic carbocycles. The van der Waals surface area contributed by atoms with Gasteiger partial charge in [0.05, 0.1) is 6.04 Å². The molecule has 1 aliphatic heterocycles. The van der Waals surface area contributed by atoms with Crippen LogP contribution in [-0.4, -0.2) is 49.5 Å². The normalized spacial score (nSPS) is 21.1. The molecule has 1 unspecified atom stereocenters. The van der Waals surface area contributed by atoms with E-state index < -0.39 is 23.1 Å². The van der Waals surface area contributed by atoms with Crippen molar-refractivity contribution >= 4 is 17.5 Å². The van der Waals surface area contributed by atoms with E-state index in [1.165, 1.54) is 0 Å². The Labute approximate surface area is 209 Å². The van der Waals surface area contributed by atoms with E-state index in [0.29, 0.717) is 31.9 Å². The van der Waals surface area contributed by atoms with Crippen LogP contribution in [0.1, 0.15) is 61.1 Å². The number of hydrogen-bond donors (Lipinski definition) is 1. The van der Waals surface area contributed by atoms with Gasteiger partial charge in [-0.3, -0.25) is 8.74 Å². The van der Waals surface area contributed by atoms with Gasteiger partial charge in [-0.25, -0.2) is 9.78 Å². The van der Waals surface area contributed by atoms with Crippen LogP contribution in [0.15, 0.2) is 30.5 Å².